The van der Waals surface area contributed by atoms with Crippen LogP contribution in [0.1, 0.15) is 32.0 Å². The molecule has 6 nitrogen and oxygen atoms in total. The van der Waals surface area contributed by atoms with Crippen LogP contribution in [0, 0.1) is 12.7 Å². The molecule has 148 valence electrons. The van der Waals surface area contributed by atoms with Crippen molar-refractivity contribution in [3.05, 3.63) is 57.5 Å². The van der Waals surface area contributed by atoms with E-state index in [1.165, 1.54) is 17.4 Å². The number of rotatable bonds is 5. The van der Waals surface area contributed by atoms with Crippen LogP contribution in [0.3, 0.4) is 0 Å². The number of aryl methyl sites for hydroxylation is 1. The van der Waals surface area contributed by atoms with Gasteiger partial charge in [-0.25, -0.2) is 4.39 Å². The SMILES string of the molecule is Cc1ccc(C(=O)N2CCN(C(=O)CCNC(=O)c3cccs3)CC2)cc1F. The molecule has 8 heteroatoms. The molecular weight excluding hydrogens is 381 g/mol. The van der Waals surface area contributed by atoms with E-state index in [1.54, 1.807) is 41.0 Å². The second-order valence-electron chi connectivity index (χ2n) is 6.62. The van der Waals surface area contributed by atoms with E-state index >= 15 is 0 Å². The molecule has 1 saturated heterocycles. The minimum absolute atomic E-state index is 0.0556. The molecule has 2 aromatic rings. The van der Waals surface area contributed by atoms with Gasteiger partial charge in [-0.05, 0) is 36.1 Å². The van der Waals surface area contributed by atoms with Gasteiger partial charge in [0.2, 0.25) is 5.91 Å². The smallest absolute Gasteiger partial charge is 0.261 e. The van der Waals surface area contributed by atoms with Crippen molar-refractivity contribution in [1.29, 1.82) is 0 Å². The molecule has 2 heterocycles. The molecule has 0 bridgehead atoms. The van der Waals surface area contributed by atoms with E-state index in [-0.39, 0.29) is 30.7 Å². The Hall–Kier alpha value is -2.74. The summed E-state index contributed by atoms with van der Waals surface area (Å²) in [4.78, 5) is 40.6. The predicted octanol–water partition coefficient (Wildman–Crippen LogP) is 2.30. The highest BCUT2D eigenvalue weighted by atomic mass is 32.1. The van der Waals surface area contributed by atoms with Crippen molar-refractivity contribution in [3.8, 4) is 0 Å². The van der Waals surface area contributed by atoms with E-state index in [2.05, 4.69) is 5.32 Å². The van der Waals surface area contributed by atoms with Crippen LogP contribution in [0.25, 0.3) is 0 Å². The molecule has 1 aromatic heterocycles. The molecule has 0 saturated carbocycles. The van der Waals surface area contributed by atoms with Crippen LogP contribution in [0.2, 0.25) is 0 Å². The lowest BCUT2D eigenvalue weighted by Gasteiger charge is -2.35. The van der Waals surface area contributed by atoms with Gasteiger partial charge in [-0.3, -0.25) is 14.4 Å². The van der Waals surface area contributed by atoms with Gasteiger partial charge >= 0.3 is 0 Å². The standard InChI is InChI=1S/C20H22FN3O3S/c1-14-4-5-15(13-16(14)21)20(27)24-10-8-23(9-11-24)18(25)6-7-22-19(26)17-3-2-12-28-17/h2-5,12-13H,6-11H2,1H3,(H,22,26). The van der Waals surface area contributed by atoms with Crippen LogP contribution in [0.4, 0.5) is 4.39 Å². The molecule has 1 fully saturated rings. The first-order chi connectivity index (χ1) is 13.5. The molecule has 0 spiro atoms. The zero-order chi connectivity index (χ0) is 20.1. The number of piperazine rings is 1. The minimum atomic E-state index is -0.399. The lowest BCUT2D eigenvalue weighted by atomic mass is 10.1. The summed E-state index contributed by atoms with van der Waals surface area (Å²) >= 11 is 1.35. The Bertz CT molecular complexity index is 862. The zero-order valence-corrected chi connectivity index (χ0v) is 16.4. The van der Waals surface area contributed by atoms with Crippen LogP contribution >= 0.6 is 11.3 Å². The van der Waals surface area contributed by atoms with E-state index in [9.17, 15) is 18.8 Å². The summed E-state index contributed by atoms with van der Waals surface area (Å²) in [6.07, 6.45) is 0.217. The third-order valence-corrected chi connectivity index (χ3v) is 5.58. The normalized spacial score (nSPS) is 14.1. The Morgan fingerprint density at radius 3 is 2.46 bits per heavy atom. The van der Waals surface area contributed by atoms with E-state index in [0.717, 1.165) is 0 Å². The predicted molar refractivity (Wildman–Crippen MR) is 105 cm³/mol. The lowest BCUT2D eigenvalue weighted by Crippen LogP contribution is -2.51. The van der Waals surface area contributed by atoms with Gasteiger partial charge in [0.15, 0.2) is 0 Å². The first kappa shape index (κ1) is 20.0. The van der Waals surface area contributed by atoms with Gasteiger partial charge in [-0.1, -0.05) is 12.1 Å². The fourth-order valence-corrected chi connectivity index (χ4v) is 3.64. The zero-order valence-electron chi connectivity index (χ0n) is 15.6. The van der Waals surface area contributed by atoms with E-state index in [0.29, 0.717) is 42.2 Å². The van der Waals surface area contributed by atoms with Crippen LogP contribution < -0.4 is 5.32 Å². The summed E-state index contributed by atoms with van der Waals surface area (Å²) in [7, 11) is 0. The van der Waals surface area contributed by atoms with Gasteiger partial charge in [0.1, 0.15) is 5.82 Å². The van der Waals surface area contributed by atoms with Gasteiger partial charge in [-0.15, -0.1) is 11.3 Å². The summed E-state index contributed by atoms with van der Waals surface area (Å²) in [5.74, 6) is -0.859. The quantitative estimate of drug-likeness (QED) is 0.833. The van der Waals surface area contributed by atoms with Crippen molar-refractivity contribution in [2.24, 2.45) is 0 Å². The highest BCUT2D eigenvalue weighted by molar-refractivity contribution is 7.12. The molecule has 3 rings (SSSR count). The van der Waals surface area contributed by atoms with Crippen LogP contribution in [-0.2, 0) is 4.79 Å². The average molecular weight is 403 g/mol. The maximum Gasteiger partial charge on any atom is 0.261 e. The fraction of sp³-hybridized carbons (Fsp3) is 0.350. The van der Waals surface area contributed by atoms with E-state index in [4.69, 9.17) is 0 Å². The summed E-state index contributed by atoms with van der Waals surface area (Å²) in [6, 6.07) is 8.00. The third kappa shape index (κ3) is 4.75. The lowest BCUT2D eigenvalue weighted by molar-refractivity contribution is -0.132. The summed E-state index contributed by atoms with van der Waals surface area (Å²) in [6.45, 7) is 3.59. The van der Waals surface area contributed by atoms with Crippen molar-refractivity contribution >= 4 is 29.1 Å². The number of nitrogens with one attached hydrogen (secondary N) is 1. The van der Waals surface area contributed by atoms with Crippen molar-refractivity contribution in [2.75, 3.05) is 32.7 Å². The molecule has 28 heavy (non-hydrogen) atoms. The number of nitrogens with zero attached hydrogens (tertiary/aromatic N) is 2. The Morgan fingerprint density at radius 1 is 1.11 bits per heavy atom. The number of hydrogen-bond acceptors (Lipinski definition) is 4. The highest BCUT2D eigenvalue weighted by Gasteiger charge is 2.25. The summed E-state index contributed by atoms with van der Waals surface area (Å²) in [5, 5.41) is 4.56. The Kier molecular flexibility index (Phi) is 6.41. The summed E-state index contributed by atoms with van der Waals surface area (Å²) < 4.78 is 13.7. The molecule has 1 aliphatic rings. The Balaban J connectivity index is 1.44. The van der Waals surface area contributed by atoms with Gasteiger partial charge in [0.25, 0.3) is 11.8 Å². The maximum absolute atomic E-state index is 13.7. The number of hydrogen-bond donors (Lipinski definition) is 1. The third-order valence-electron chi connectivity index (χ3n) is 4.71. The monoisotopic (exact) mass is 403 g/mol. The first-order valence-electron chi connectivity index (χ1n) is 9.10. The second-order valence-corrected chi connectivity index (χ2v) is 7.57. The van der Waals surface area contributed by atoms with Crippen molar-refractivity contribution in [1.82, 2.24) is 15.1 Å². The Labute approximate surface area is 166 Å². The number of halogens is 1. The molecule has 0 aliphatic carbocycles. The Morgan fingerprint density at radius 2 is 1.82 bits per heavy atom. The maximum atomic E-state index is 13.7. The number of amides is 3. The molecular formula is C20H22FN3O3S. The van der Waals surface area contributed by atoms with E-state index in [1.807, 2.05) is 5.38 Å². The number of carbonyl (C=O) groups excluding carboxylic acids is 3. The fourth-order valence-electron chi connectivity index (χ4n) is 3.00. The number of carbonyl (C=O) groups is 3. The molecule has 3 amide bonds. The molecule has 0 unspecified atom stereocenters. The van der Waals surface area contributed by atoms with Gasteiger partial charge in [-0.2, -0.15) is 0 Å². The van der Waals surface area contributed by atoms with Crippen molar-refractivity contribution in [2.45, 2.75) is 13.3 Å². The summed E-state index contributed by atoms with van der Waals surface area (Å²) in [5.41, 5.74) is 0.817. The van der Waals surface area contributed by atoms with E-state index < -0.39 is 5.82 Å². The number of benzene rings is 1. The molecule has 1 N–H and O–H groups in total. The van der Waals surface area contributed by atoms with Crippen molar-refractivity contribution in [3.63, 3.8) is 0 Å². The van der Waals surface area contributed by atoms with Crippen LogP contribution in [0.5, 0.6) is 0 Å². The van der Waals surface area contributed by atoms with Crippen LogP contribution in [-0.4, -0.2) is 60.2 Å². The van der Waals surface area contributed by atoms with Gasteiger partial charge in [0.05, 0.1) is 4.88 Å². The first-order valence-corrected chi connectivity index (χ1v) is 9.98. The second kappa shape index (κ2) is 8.97. The minimum Gasteiger partial charge on any atom is -0.351 e. The molecule has 1 aromatic carbocycles. The van der Waals surface area contributed by atoms with Gasteiger partial charge in [0, 0.05) is 44.7 Å². The van der Waals surface area contributed by atoms with Gasteiger partial charge < -0.3 is 15.1 Å². The molecule has 0 radical (unpaired) electrons. The van der Waals surface area contributed by atoms with Crippen molar-refractivity contribution < 1.29 is 18.8 Å². The average Bonchev–Trinajstić information content (AvgIpc) is 3.24. The molecule has 0 atom stereocenters. The molecule has 1 aliphatic heterocycles. The topological polar surface area (TPSA) is 69.7 Å². The highest BCUT2D eigenvalue weighted by Crippen LogP contribution is 2.14. The largest absolute Gasteiger partial charge is 0.351 e. The number of thiophene rings is 1. The van der Waals surface area contributed by atoms with Crippen LogP contribution in [0.15, 0.2) is 35.7 Å².